The van der Waals surface area contributed by atoms with E-state index >= 15 is 0 Å². The first-order valence-electron chi connectivity index (χ1n) is 5.98. The van der Waals surface area contributed by atoms with Crippen molar-refractivity contribution in [2.24, 2.45) is 0 Å². The number of hydrogen-bond donors (Lipinski definition) is 2. The minimum absolute atomic E-state index is 0.000726. The molecule has 5 nitrogen and oxygen atoms in total. The zero-order valence-corrected chi connectivity index (χ0v) is 11.2. The van der Waals surface area contributed by atoms with E-state index in [4.69, 9.17) is 5.11 Å². The van der Waals surface area contributed by atoms with E-state index in [1.807, 2.05) is 0 Å². The van der Waals surface area contributed by atoms with Crippen molar-refractivity contribution in [2.75, 3.05) is 16.8 Å². The van der Waals surface area contributed by atoms with E-state index in [-0.39, 0.29) is 23.2 Å². The molecule has 8 heteroatoms. The van der Waals surface area contributed by atoms with Crippen molar-refractivity contribution in [3.63, 3.8) is 0 Å². The highest BCUT2D eigenvalue weighted by Crippen LogP contribution is 2.23. The fourth-order valence-electron chi connectivity index (χ4n) is 2.08. The smallest absolute Gasteiger partial charge is 0.338 e. The van der Waals surface area contributed by atoms with Gasteiger partial charge in [0.2, 0.25) is 0 Å². The molecule has 1 aromatic carbocycles. The number of hydrogen-bond acceptors (Lipinski definition) is 4. The fraction of sp³-hybridized carbons (Fsp3) is 0.417. The molecule has 1 aromatic rings. The average Bonchev–Trinajstić information content (AvgIpc) is 2.34. The maximum atomic E-state index is 13.6. The fourth-order valence-corrected chi connectivity index (χ4v) is 3.57. The Balaban J connectivity index is 2.18. The van der Waals surface area contributed by atoms with Crippen molar-refractivity contribution in [2.45, 2.75) is 18.9 Å². The van der Waals surface area contributed by atoms with Gasteiger partial charge in [0.15, 0.2) is 0 Å². The summed E-state index contributed by atoms with van der Waals surface area (Å²) in [6.45, 7) is 0. The summed E-state index contributed by atoms with van der Waals surface area (Å²) in [7, 11) is -3.03. The first-order chi connectivity index (χ1) is 9.28. The molecule has 0 bridgehead atoms. The van der Waals surface area contributed by atoms with Crippen molar-refractivity contribution in [1.82, 2.24) is 0 Å². The molecule has 0 saturated carbocycles. The van der Waals surface area contributed by atoms with Gasteiger partial charge in [-0.2, -0.15) is 0 Å². The summed E-state index contributed by atoms with van der Waals surface area (Å²) in [5.41, 5.74) is -0.759. The minimum Gasteiger partial charge on any atom is -0.478 e. The number of benzene rings is 1. The van der Waals surface area contributed by atoms with Crippen LogP contribution in [0.1, 0.15) is 23.2 Å². The molecule has 0 amide bonds. The summed E-state index contributed by atoms with van der Waals surface area (Å²) in [6.07, 6.45) is 0.614. The molecule has 20 heavy (non-hydrogen) atoms. The Hall–Kier alpha value is -1.70. The van der Waals surface area contributed by atoms with Gasteiger partial charge in [-0.3, -0.25) is 0 Å². The van der Waals surface area contributed by atoms with Gasteiger partial charge in [0.05, 0.1) is 22.8 Å². The van der Waals surface area contributed by atoms with Crippen LogP contribution < -0.4 is 5.32 Å². The van der Waals surface area contributed by atoms with Crippen molar-refractivity contribution in [3.8, 4) is 0 Å². The lowest BCUT2D eigenvalue weighted by Crippen LogP contribution is -2.32. The largest absolute Gasteiger partial charge is 0.478 e. The van der Waals surface area contributed by atoms with Crippen LogP contribution in [0.25, 0.3) is 0 Å². The molecule has 0 atom stereocenters. The number of anilines is 1. The lowest BCUT2D eigenvalue weighted by atomic mass is 10.1. The van der Waals surface area contributed by atoms with Gasteiger partial charge in [-0.15, -0.1) is 0 Å². The number of nitrogens with one attached hydrogen (secondary N) is 1. The van der Waals surface area contributed by atoms with Crippen molar-refractivity contribution in [3.05, 3.63) is 29.3 Å². The van der Waals surface area contributed by atoms with Crippen molar-refractivity contribution in [1.29, 1.82) is 0 Å². The lowest BCUT2D eigenvalue weighted by molar-refractivity contribution is 0.0692. The van der Waals surface area contributed by atoms with Crippen molar-refractivity contribution >= 4 is 21.5 Å². The number of sulfone groups is 1. The second-order valence-electron chi connectivity index (χ2n) is 4.69. The summed E-state index contributed by atoms with van der Waals surface area (Å²) < 4.78 is 49.4. The Kier molecular flexibility index (Phi) is 3.94. The van der Waals surface area contributed by atoms with Gasteiger partial charge in [0.25, 0.3) is 0 Å². The molecule has 0 radical (unpaired) electrons. The molecule has 2 rings (SSSR count). The summed E-state index contributed by atoms with van der Waals surface area (Å²) in [5.74, 6) is -3.54. The van der Waals surface area contributed by atoms with Crippen LogP contribution in [0.3, 0.4) is 0 Å². The highest BCUT2D eigenvalue weighted by Gasteiger charge is 2.25. The number of aromatic carboxylic acids is 1. The molecule has 1 aliphatic heterocycles. The van der Waals surface area contributed by atoms with Gasteiger partial charge >= 0.3 is 5.97 Å². The van der Waals surface area contributed by atoms with Crippen LogP contribution in [0.15, 0.2) is 12.1 Å². The average molecular weight is 305 g/mol. The maximum Gasteiger partial charge on any atom is 0.338 e. The van der Waals surface area contributed by atoms with Gasteiger partial charge < -0.3 is 10.4 Å². The van der Waals surface area contributed by atoms with E-state index < -0.39 is 33.0 Å². The molecule has 0 aromatic heterocycles. The van der Waals surface area contributed by atoms with Gasteiger partial charge in [-0.25, -0.2) is 22.0 Å². The van der Waals surface area contributed by atoms with Gasteiger partial charge in [0.1, 0.15) is 21.5 Å². The topological polar surface area (TPSA) is 83.5 Å². The highest BCUT2D eigenvalue weighted by molar-refractivity contribution is 7.91. The van der Waals surface area contributed by atoms with Crippen LogP contribution in [-0.4, -0.2) is 37.0 Å². The van der Waals surface area contributed by atoms with Crippen LogP contribution in [-0.2, 0) is 9.84 Å². The number of carboxylic acid groups (broad SMARTS) is 1. The molecule has 2 N–H and O–H groups in total. The molecule has 1 saturated heterocycles. The Morgan fingerprint density at radius 3 is 2.35 bits per heavy atom. The lowest BCUT2D eigenvalue weighted by Gasteiger charge is -2.24. The second-order valence-corrected chi connectivity index (χ2v) is 6.99. The van der Waals surface area contributed by atoms with Crippen LogP contribution in [0, 0.1) is 11.6 Å². The van der Waals surface area contributed by atoms with E-state index in [1.165, 1.54) is 0 Å². The molecule has 1 fully saturated rings. The number of carboxylic acids is 1. The van der Waals surface area contributed by atoms with E-state index in [0.717, 1.165) is 6.07 Å². The monoisotopic (exact) mass is 305 g/mol. The normalized spacial score (nSPS) is 18.7. The number of carbonyl (C=O) groups is 1. The first kappa shape index (κ1) is 14.7. The SMILES string of the molecule is O=C(O)c1cc(NC2CCS(=O)(=O)CC2)c(F)cc1F. The quantitative estimate of drug-likeness (QED) is 0.887. The number of rotatable bonds is 3. The first-order valence-corrected chi connectivity index (χ1v) is 7.80. The molecular formula is C12H13F2NO4S. The molecule has 1 aliphatic rings. The molecule has 0 aliphatic carbocycles. The molecule has 0 unspecified atom stereocenters. The standard InChI is InChI=1S/C12H13F2NO4S/c13-9-6-10(14)11(5-8(9)12(16)17)15-7-1-3-20(18,19)4-2-7/h5-7,15H,1-4H2,(H,16,17). The summed E-state index contributed by atoms with van der Waals surface area (Å²) in [6, 6.07) is 1.11. The van der Waals surface area contributed by atoms with Crippen LogP contribution in [0.2, 0.25) is 0 Å². The van der Waals surface area contributed by atoms with Crippen LogP contribution in [0.4, 0.5) is 14.5 Å². The zero-order valence-electron chi connectivity index (χ0n) is 10.4. The van der Waals surface area contributed by atoms with Gasteiger partial charge in [-0.05, 0) is 18.9 Å². The third-order valence-electron chi connectivity index (χ3n) is 3.20. The number of halogens is 2. The second kappa shape index (κ2) is 5.35. The van der Waals surface area contributed by atoms with Crippen LogP contribution >= 0.6 is 0 Å². The molecule has 0 spiro atoms. The Labute approximate surface area is 114 Å². The van der Waals surface area contributed by atoms with Gasteiger partial charge in [-0.1, -0.05) is 0 Å². The molecular weight excluding hydrogens is 292 g/mol. The molecule has 110 valence electrons. The van der Waals surface area contributed by atoms with E-state index in [2.05, 4.69) is 5.32 Å². The highest BCUT2D eigenvalue weighted by atomic mass is 32.2. The van der Waals surface area contributed by atoms with E-state index in [0.29, 0.717) is 18.9 Å². The predicted molar refractivity (Wildman–Crippen MR) is 68.6 cm³/mol. The van der Waals surface area contributed by atoms with Crippen LogP contribution in [0.5, 0.6) is 0 Å². The molecule has 1 heterocycles. The Morgan fingerprint density at radius 2 is 1.80 bits per heavy atom. The third kappa shape index (κ3) is 3.24. The summed E-state index contributed by atoms with van der Waals surface area (Å²) >= 11 is 0. The summed E-state index contributed by atoms with van der Waals surface area (Å²) in [4.78, 5) is 10.8. The third-order valence-corrected chi connectivity index (χ3v) is 4.92. The van der Waals surface area contributed by atoms with E-state index in [9.17, 15) is 22.0 Å². The summed E-state index contributed by atoms with van der Waals surface area (Å²) in [5, 5.41) is 11.5. The van der Waals surface area contributed by atoms with Gasteiger partial charge in [0, 0.05) is 12.1 Å². The Morgan fingerprint density at radius 1 is 1.20 bits per heavy atom. The Bertz CT molecular complexity index is 631. The predicted octanol–water partition coefficient (Wildman–Crippen LogP) is 1.65. The van der Waals surface area contributed by atoms with E-state index in [1.54, 1.807) is 0 Å². The zero-order chi connectivity index (χ0) is 14.9. The van der Waals surface area contributed by atoms with Crippen molar-refractivity contribution < 1.29 is 27.1 Å². The minimum atomic E-state index is -3.03. The maximum absolute atomic E-state index is 13.6.